The molecule has 2 heterocycles. The molecule has 0 saturated heterocycles. The van der Waals surface area contributed by atoms with Gasteiger partial charge in [0.15, 0.2) is 15.7 Å². The van der Waals surface area contributed by atoms with E-state index in [0.29, 0.717) is 29.3 Å². The fourth-order valence-corrected chi connectivity index (χ4v) is 5.22. The number of halogens is 1. The molecule has 0 saturated carbocycles. The maximum absolute atomic E-state index is 14.0. The lowest BCUT2D eigenvalue weighted by Crippen LogP contribution is -2.27. The number of hydrogen-bond donors (Lipinski definition) is 1. The molecule has 0 unspecified atom stereocenters. The Kier molecular flexibility index (Phi) is 6.57. The Morgan fingerprint density at radius 2 is 1.88 bits per heavy atom. The molecule has 0 aliphatic rings. The van der Waals surface area contributed by atoms with Crippen LogP contribution in [0.4, 0.5) is 4.39 Å². The average Bonchev–Trinajstić information content (AvgIpc) is 3.36. The van der Waals surface area contributed by atoms with E-state index in [-0.39, 0.29) is 23.0 Å². The van der Waals surface area contributed by atoms with Gasteiger partial charge < -0.3 is 5.32 Å². The van der Waals surface area contributed by atoms with Gasteiger partial charge in [0, 0.05) is 18.3 Å². The normalized spacial score (nSPS) is 11.9. The van der Waals surface area contributed by atoms with Gasteiger partial charge in [-0.15, -0.1) is 16.4 Å². The molecule has 0 aliphatic heterocycles. The van der Waals surface area contributed by atoms with Gasteiger partial charge in [-0.25, -0.2) is 17.3 Å². The van der Waals surface area contributed by atoms with E-state index >= 15 is 0 Å². The summed E-state index contributed by atoms with van der Waals surface area (Å²) in [7, 11) is -3.33. The highest BCUT2D eigenvalue weighted by Gasteiger charge is 2.19. The first-order valence-corrected chi connectivity index (χ1v) is 12.9. The summed E-state index contributed by atoms with van der Waals surface area (Å²) in [6, 6.07) is 12.8. The molecular weight excluding hydrogens is 463 g/mol. The third-order valence-electron chi connectivity index (χ3n) is 5.21. The molecule has 4 rings (SSSR count). The van der Waals surface area contributed by atoms with Crippen LogP contribution in [0.5, 0.6) is 0 Å². The van der Waals surface area contributed by atoms with Gasteiger partial charge in [-0.2, -0.15) is 4.98 Å². The van der Waals surface area contributed by atoms with Gasteiger partial charge in [0.1, 0.15) is 5.82 Å². The Labute approximate surface area is 195 Å². The van der Waals surface area contributed by atoms with Gasteiger partial charge in [-0.3, -0.25) is 4.79 Å². The Balaban J connectivity index is 1.35. The second kappa shape index (κ2) is 9.40. The number of thiazole rings is 1. The Morgan fingerprint density at radius 1 is 1.15 bits per heavy atom. The van der Waals surface area contributed by atoms with E-state index in [0.717, 1.165) is 11.3 Å². The smallest absolute Gasteiger partial charge is 0.224 e. The first-order chi connectivity index (χ1) is 15.8. The van der Waals surface area contributed by atoms with Crippen LogP contribution in [0.25, 0.3) is 16.3 Å². The zero-order valence-corrected chi connectivity index (χ0v) is 19.8. The number of carbonyl (C=O) groups excluding carboxylic acids is 1. The quantitative estimate of drug-likeness (QED) is 0.410. The second-order valence-electron chi connectivity index (χ2n) is 7.85. The van der Waals surface area contributed by atoms with E-state index in [1.54, 1.807) is 48.7 Å². The summed E-state index contributed by atoms with van der Waals surface area (Å²) in [5, 5.41) is 8.71. The first-order valence-electron chi connectivity index (χ1n) is 10.4. The summed E-state index contributed by atoms with van der Waals surface area (Å²) < 4.78 is 40.1. The van der Waals surface area contributed by atoms with Crippen LogP contribution in [0.15, 0.2) is 58.8 Å². The van der Waals surface area contributed by atoms with Crippen LogP contribution in [0.1, 0.15) is 25.1 Å². The number of hydrogen-bond acceptors (Lipinski definition) is 6. The highest BCUT2D eigenvalue weighted by Crippen LogP contribution is 2.23. The monoisotopic (exact) mass is 486 g/mol. The maximum Gasteiger partial charge on any atom is 0.224 e. The van der Waals surface area contributed by atoms with Crippen molar-refractivity contribution in [3.8, 4) is 11.4 Å². The van der Waals surface area contributed by atoms with Gasteiger partial charge in [0.05, 0.1) is 27.8 Å². The SMILES string of the molecule is CC(C)S(=O)(=O)c1ccc(CC(=O)NCCc2csc3nc(-c4ccccc4F)nn23)cc1. The number of sulfone groups is 1. The van der Waals surface area contributed by atoms with Crippen LogP contribution in [-0.4, -0.2) is 40.7 Å². The molecule has 10 heteroatoms. The zero-order valence-electron chi connectivity index (χ0n) is 18.2. The fourth-order valence-electron chi connectivity index (χ4n) is 3.30. The maximum atomic E-state index is 14.0. The molecule has 2 aromatic heterocycles. The summed E-state index contributed by atoms with van der Waals surface area (Å²) in [5.74, 6) is -0.209. The van der Waals surface area contributed by atoms with Gasteiger partial charge in [-0.1, -0.05) is 24.3 Å². The number of carbonyl (C=O) groups is 1. The van der Waals surface area contributed by atoms with Gasteiger partial charge in [0.2, 0.25) is 10.9 Å². The van der Waals surface area contributed by atoms with Crippen molar-refractivity contribution < 1.29 is 17.6 Å². The molecule has 2 aromatic carbocycles. The average molecular weight is 487 g/mol. The molecule has 33 heavy (non-hydrogen) atoms. The third-order valence-corrected chi connectivity index (χ3v) is 8.24. The van der Waals surface area contributed by atoms with Crippen LogP contribution in [-0.2, 0) is 27.5 Å². The Bertz CT molecular complexity index is 1390. The van der Waals surface area contributed by atoms with Crippen LogP contribution < -0.4 is 5.32 Å². The lowest BCUT2D eigenvalue weighted by molar-refractivity contribution is -0.120. The molecule has 0 spiro atoms. The number of nitrogens with one attached hydrogen (secondary N) is 1. The van der Waals surface area contributed by atoms with Crippen molar-refractivity contribution in [2.24, 2.45) is 0 Å². The molecule has 0 aliphatic carbocycles. The van der Waals surface area contributed by atoms with Crippen LogP contribution >= 0.6 is 11.3 Å². The van der Waals surface area contributed by atoms with Crippen molar-refractivity contribution >= 4 is 32.0 Å². The minimum Gasteiger partial charge on any atom is -0.355 e. The van der Waals surface area contributed by atoms with Crippen molar-refractivity contribution in [2.75, 3.05) is 6.54 Å². The summed E-state index contributed by atoms with van der Waals surface area (Å²) in [5.41, 5.74) is 1.95. The van der Waals surface area contributed by atoms with E-state index in [1.807, 2.05) is 5.38 Å². The topological polar surface area (TPSA) is 93.4 Å². The van der Waals surface area contributed by atoms with E-state index in [1.165, 1.54) is 29.5 Å². The number of rotatable bonds is 8. The van der Waals surface area contributed by atoms with Gasteiger partial charge >= 0.3 is 0 Å². The number of amides is 1. The molecule has 1 amide bonds. The van der Waals surface area contributed by atoms with Gasteiger partial charge in [-0.05, 0) is 43.7 Å². The van der Waals surface area contributed by atoms with Crippen molar-refractivity contribution in [3.63, 3.8) is 0 Å². The molecule has 0 bridgehead atoms. The van der Waals surface area contributed by atoms with Crippen molar-refractivity contribution in [3.05, 3.63) is 71.0 Å². The van der Waals surface area contributed by atoms with E-state index in [4.69, 9.17) is 0 Å². The number of aromatic nitrogens is 3. The van der Waals surface area contributed by atoms with Gasteiger partial charge in [0.25, 0.3) is 0 Å². The summed E-state index contributed by atoms with van der Waals surface area (Å²) in [6.45, 7) is 3.68. The molecule has 4 aromatic rings. The highest BCUT2D eigenvalue weighted by atomic mass is 32.2. The lowest BCUT2D eigenvalue weighted by atomic mass is 10.1. The van der Waals surface area contributed by atoms with Crippen LogP contribution in [0.2, 0.25) is 0 Å². The van der Waals surface area contributed by atoms with Crippen LogP contribution in [0, 0.1) is 5.82 Å². The molecular formula is C23H23FN4O3S2. The van der Waals surface area contributed by atoms with E-state index in [9.17, 15) is 17.6 Å². The standard InChI is InChI=1S/C23H23FN4O3S2/c1-15(2)33(30,31)18-9-7-16(8-10-18)13-21(29)25-12-11-17-14-32-23-26-22(27-28(17)23)19-5-3-4-6-20(19)24/h3-10,14-15H,11-13H2,1-2H3,(H,25,29). The molecule has 0 fully saturated rings. The summed E-state index contributed by atoms with van der Waals surface area (Å²) in [4.78, 5) is 17.6. The number of benzene rings is 2. The zero-order chi connectivity index (χ0) is 23.6. The Morgan fingerprint density at radius 3 is 2.58 bits per heavy atom. The molecule has 0 atom stereocenters. The summed E-state index contributed by atoms with van der Waals surface area (Å²) in [6.07, 6.45) is 0.694. The summed E-state index contributed by atoms with van der Waals surface area (Å²) >= 11 is 1.41. The number of nitrogens with zero attached hydrogens (tertiary/aromatic N) is 3. The van der Waals surface area contributed by atoms with Crippen molar-refractivity contribution in [1.29, 1.82) is 0 Å². The van der Waals surface area contributed by atoms with E-state index < -0.39 is 15.1 Å². The molecule has 0 radical (unpaired) electrons. The Hall–Kier alpha value is -3.11. The second-order valence-corrected chi connectivity index (χ2v) is 11.2. The predicted octanol–water partition coefficient (Wildman–Crippen LogP) is 3.68. The minimum absolute atomic E-state index is 0.155. The van der Waals surface area contributed by atoms with Crippen molar-refractivity contribution in [1.82, 2.24) is 19.9 Å². The fraction of sp³-hybridized carbons (Fsp3) is 0.261. The molecule has 172 valence electrons. The predicted molar refractivity (Wildman–Crippen MR) is 125 cm³/mol. The van der Waals surface area contributed by atoms with Crippen LogP contribution in [0.3, 0.4) is 0 Å². The highest BCUT2D eigenvalue weighted by molar-refractivity contribution is 7.92. The largest absolute Gasteiger partial charge is 0.355 e. The number of fused-ring (bicyclic) bond motifs is 1. The van der Waals surface area contributed by atoms with Crippen molar-refractivity contribution in [2.45, 2.75) is 36.8 Å². The lowest BCUT2D eigenvalue weighted by Gasteiger charge is -2.09. The third kappa shape index (κ3) is 4.96. The first kappa shape index (κ1) is 23.1. The molecule has 1 N–H and O–H groups in total. The molecule has 7 nitrogen and oxygen atoms in total. The van der Waals surface area contributed by atoms with E-state index in [2.05, 4.69) is 15.4 Å². The minimum atomic E-state index is -3.33.